The van der Waals surface area contributed by atoms with Gasteiger partial charge in [-0.3, -0.25) is 0 Å². The second kappa shape index (κ2) is 7.25. The molecule has 17 heavy (non-hydrogen) atoms. The summed E-state index contributed by atoms with van der Waals surface area (Å²) in [6.07, 6.45) is 1.26. The van der Waals surface area contributed by atoms with Gasteiger partial charge in [0.25, 0.3) is 0 Å². The van der Waals surface area contributed by atoms with Gasteiger partial charge in [-0.15, -0.1) is 0 Å². The number of pyridine rings is 1. The monoisotopic (exact) mass is 238 g/mol. The van der Waals surface area contributed by atoms with Gasteiger partial charge in [-0.25, -0.2) is 4.98 Å². The van der Waals surface area contributed by atoms with Crippen molar-refractivity contribution >= 4 is 5.82 Å². The Morgan fingerprint density at radius 3 is 2.65 bits per heavy atom. The van der Waals surface area contributed by atoms with Gasteiger partial charge in [-0.1, -0.05) is 6.07 Å². The number of anilines is 1. The molecule has 4 nitrogen and oxygen atoms in total. The molecule has 1 heterocycles. The Balaban J connectivity index is 2.62. The number of hydrogen-bond donors (Lipinski definition) is 1. The van der Waals surface area contributed by atoms with Crippen molar-refractivity contribution in [3.05, 3.63) is 23.9 Å². The van der Waals surface area contributed by atoms with Crippen molar-refractivity contribution in [3.8, 4) is 0 Å². The topological polar surface area (TPSA) is 45.6 Å². The molecule has 0 radical (unpaired) electrons. The summed E-state index contributed by atoms with van der Waals surface area (Å²) >= 11 is 0. The Kier molecular flexibility index (Phi) is 5.94. The maximum absolute atomic E-state index is 9.41. The third kappa shape index (κ3) is 4.32. The number of rotatable bonds is 7. The molecule has 1 rings (SSSR count). The fourth-order valence-electron chi connectivity index (χ4n) is 1.59. The van der Waals surface area contributed by atoms with E-state index < -0.39 is 6.10 Å². The summed E-state index contributed by atoms with van der Waals surface area (Å²) in [5.41, 5.74) is 0.842. The second-order valence-electron chi connectivity index (χ2n) is 3.90. The Morgan fingerprint density at radius 2 is 2.18 bits per heavy atom. The predicted octanol–water partition coefficient (Wildman–Crippen LogP) is 2.00. The fraction of sp³-hybridized carbons (Fsp3) is 0.615. The van der Waals surface area contributed by atoms with Crippen molar-refractivity contribution in [2.24, 2.45) is 0 Å². The summed E-state index contributed by atoms with van der Waals surface area (Å²) in [5.74, 6) is 0.927. The van der Waals surface area contributed by atoms with Crippen LogP contribution >= 0.6 is 0 Å². The van der Waals surface area contributed by atoms with E-state index in [1.807, 2.05) is 19.1 Å². The van der Waals surface area contributed by atoms with E-state index in [9.17, 15) is 5.11 Å². The standard InChI is InChI=1S/C13H22N2O2/c1-4-15(8-9-17-5-2)13-7-6-12(10-14-13)11(3)16/h6-7,10-11,16H,4-5,8-9H2,1-3H3. The Labute approximate surface area is 103 Å². The van der Waals surface area contributed by atoms with Crippen molar-refractivity contribution < 1.29 is 9.84 Å². The molecule has 0 aliphatic heterocycles. The number of ether oxygens (including phenoxy) is 1. The van der Waals surface area contributed by atoms with Gasteiger partial charge in [-0.05, 0) is 32.4 Å². The van der Waals surface area contributed by atoms with Crippen molar-refractivity contribution in [2.75, 3.05) is 31.2 Å². The van der Waals surface area contributed by atoms with E-state index >= 15 is 0 Å². The molecule has 0 aromatic carbocycles. The molecular formula is C13H22N2O2. The molecule has 0 bridgehead atoms. The summed E-state index contributed by atoms with van der Waals surface area (Å²) in [6.45, 7) is 9.02. The number of aliphatic hydroxyl groups excluding tert-OH is 1. The molecule has 0 aliphatic carbocycles. The van der Waals surface area contributed by atoms with E-state index in [4.69, 9.17) is 4.74 Å². The van der Waals surface area contributed by atoms with Crippen LogP contribution in [0.25, 0.3) is 0 Å². The van der Waals surface area contributed by atoms with E-state index in [2.05, 4.69) is 16.8 Å². The molecule has 0 amide bonds. The predicted molar refractivity (Wildman–Crippen MR) is 69.3 cm³/mol. The van der Waals surface area contributed by atoms with Crippen LogP contribution < -0.4 is 4.90 Å². The zero-order valence-corrected chi connectivity index (χ0v) is 10.9. The summed E-state index contributed by atoms with van der Waals surface area (Å²) in [7, 11) is 0. The van der Waals surface area contributed by atoms with Gasteiger partial charge in [0.15, 0.2) is 0 Å². The summed E-state index contributed by atoms with van der Waals surface area (Å²) in [4.78, 5) is 6.51. The van der Waals surface area contributed by atoms with Crippen molar-refractivity contribution in [2.45, 2.75) is 26.9 Å². The van der Waals surface area contributed by atoms with Gasteiger partial charge in [0, 0.05) is 25.9 Å². The van der Waals surface area contributed by atoms with Crippen LogP contribution in [-0.2, 0) is 4.74 Å². The first-order valence-electron chi connectivity index (χ1n) is 6.15. The first kappa shape index (κ1) is 13.9. The van der Waals surface area contributed by atoms with Gasteiger partial charge in [0.2, 0.25) is 0 Å². The molecule has 4 heteroatoms. The molecule has 1 unspecified atom stereocenters. The SMILES string of the molecule is CCOCCN(CC)c1ccc(C(C)O)cn1. The maximum Gasteiger partial charge on any atom is 0.128 e. The highest BCUT2D eigenvalue weighted by atomic mass is 16.5. The number of likely N-dealkylation sites (N-methyl/N-ethyl adjacent to an activating group) is 1. The largest absolute Gasteiger partial charge is 0.389 e. The van der Waals surface area contributed by atoms with E-state index in [-0.39, 0.29) is 0 Å². The highest BCUT2D eigenvalue weighted by molar-refractivity contribution is 5.39. The molecule has 1 aromatic heterocycles. The number of hydrogen-bond acceptors (Lipinski definition) is 4. The van der Waals surface area contributed by atoms with Crippen LogP contribution in [0.3, 0.4) is 0 Å². The molecule has 0 saturated heterocycles. The number of nitrogens with zero attached hydrogens (tertiary/aromatic N) is 2. The van der Waals surface area contributed by atoms with Crippen LogP contribution in [0, 0.1) is 0 Å². The smallest absolute Gasteiger partial charge is 0.128 e. The first-order chi connectivity index (χ1) is 8.19. The van der Waals surface area contributed by atoms with Gasteiger partial charge < -0.3 is 14.7 Å². The van der Waals surface area contributed by atoms with E-state index in [1.54, 1.807) is 13.1 Å². The highest BCUT2D eigenvalue weighted by Crippen LogP contribution is 2.15. The molecule has 1 aromatic rings. The molecule has 96 valence electrons. The molecule has 0 fully saturated rings. The molecule has 0 aliphatic rings. The fourth-order valence-corrected chi connectivity index (χ4v) is 1.59. The molecule has 1 N–H and O–H groups in total. The minimum atomic E-state index is -0.463. The quantitative estimate of drug-likeness (QED) is 0.738. The van der Waals surface area contributed by atoms with Gasteiger partial charge in [0.05, 0.1) is 12.7 Å². The van der Waals surface area contributed by atoms with E-state index in [1.165, 1.54) is 0 Å². The molecule has 0 saturated carbocycles. The summed E-state index contributed by atoms with van der Waals surface area (Å²) in [5, 5.41) is 9.41. The lowest BCUT2D eigenvalue weighted by Gasteiger charge is -2.22. The Morgan fingerprint density at radius 1 is 1.41 bits per heavy atom. The van der Waals surface area contributed by atoms with Crippen molar-refractivity contribution in [1.29, 1.82) is 0 Å². The van der Waals surface area contributed by atoms with Gasteiger partial charge in [-0.2, -0.15) is 0 Å². The Hall–Kier alpha value is -1.13. The van der Waals surface area contributed by atoms with Crippen LogP contribution in [-0.4, -0.2) is 36.4 Å². The number of aromatic nitrogens is 1. The summed E-state index contributed by atoms with van der Waals surface area (Å²) < 4.78 is 5.34. The zero-order valence-electron chi connectivity index (χ0n) is 10.9. The maximum atomic E-state index is 9.41. The normalized spacial score (nSPS) is 12.5. The third-order valence-electron chi connectivity index (χ3n) is 2.67. The Bertz CT molecular complexity index is 312. The minimum Gasteiger partial charge on any atom is -0.389 e. The lowest BCUT2D eigenvalue weighted by Crippen LogP contribution is -2.28. The van der Waals surface area contributed by atoms with Crippen LogP contribution in [0.15, 0.2) is 18.3 Å². The van der Waals surface area contributed by atoms with Crippen molar-refractivity contribution in [1.82, 2.24) is 4.98 Å². The first-order valence-corrected chi connectivity index (χ1v) is 6.15. The van der Waals surface area contributed by atoms with Crippen LogP contribution in [0.2, 0.25) is 0 Å². The van der Waals surface area contributed by atoms with Gasteiger partial charge >= 0.3 is 0 Å². The van der Waals surface area contributed by atoms with Crippen LogP contribution in [0.5, 0.6) is 0 Å². The van der Waals surface area contributed by atoms with Crippen molar-refractivity contribution in [3.63, 3.8) is 0 Å². The lowest BCUT2D eigenvalue weighted by molar-refractivity contribution is 0.154. The van der Waals surface area contributed by atoms with E-state index in [0.29, 0.717) is 6.61 Å². The molecular weight excluding hydrogens is 216 g/mol. The average molecular weight is 238 g/mol. The number of aliphatic hydroxyl groups is 1. The molecule has 0 spiro atoms. The third-order valence-corrected chi connectivity index (χ3v) is 2.67. The summed E-state index contributed by atoms with van der Waals surface area (Å²) in [6, 6.07) is 3.85. The van der Waals surface area contributed by atoms with Crippen LogP contribution in [0.1, 0.15) is 32.4 Å². The highest BCUT2D eigenvalue weighted by Gasteiger charge is 2.07. The minimum absolute atomic E-state index is 0.463. The van der Waals surface area contributed by atoms with Gasteiger partial charge in [0.1, 0.15) is 5.82 Å². The van der Waals surface area contributed by atoms with E-state index in [0.717, 1.165) is 31.1 Å². The lowest BCUT2D eigenvalue weighted by atomic mass is 10.2. The van der Waals surface area contributed by atoms with Crippen LogP contribution in [0.4, 0.5) is 5.82 Å². The zero-order chi connectivity index (χ0) is 12.7. The average Bonchev–Trinajstić information content (AvgIpc) is 2.35. The second-order valence-corrected chi connectivity index (χ2v) is 3.90. The molecule has 1 atom stereocenters.